The van der Waals surface area contributed by atoms with Crippen LogP contribution in [-0.2, 0) is 9.53 Å². The summed E-state index contributed by atoms with van der Waals surface area (Å²) in [4.78, 5) is 11.7. The molecule has 5 nitrogen and oxygen atoms in total. The van der Waals surface area contributed by atoms with Crippen LogP contribution in [0.1, 0.15) is 17.9 Å². The highest BCUT2D eigenvalue weighted by Crippen LogP contribution is 2.32. The molecule has 1 aliphatic heterocycles. The lowest BCUT2D eigenvalue weighted by atomic mass is 9.85. The van der Waals surface area contributed by atoms with Crippen molar-refractivity contribution >= 4 is 5.97 Å². The van der Waals surface area contributed by atoms with Crippen molar-refractivity contribution in [2.45, 2.75) is 12.3 Å². The summed E-state index contributed by atoms with van der Waals surface area (Å²) in [5.74, 6) is 1.52. The molecule has 5 heteroatoms. The number of carbonyl (C=O) groups is 1. The monoisotopic (exact) mass is 279 g/mol. The minimum Gasteiger partial charge on any atom is -0.497 e. The van der Waals surface area contributed by atoms with Crippen LogP contribution in [0, 0.1) is 5.92 Å². The molecule has 1 N–H and O–H groups in total. The standard InChI is InChI=1S/C15H21NO4/c1-18-13-5-10(6-14(7-13)19-2)11-4-12(9-16-8-11)15(17)20-3/h5-7,11-12,16H,4,8-9H2,1-3H3/t11-,12+/m1/s1. The molecule has 110 valence electrons. The molecule has 0 bridgehead atoms. The maximum Gasteiger partial charge on any atom is 0.309 e. The van der Waals surface area contributed by atoms with Gasteiger partial charge in [-0.2, -0.15) is 0 Å². The first kappa shape index (κ1) is 14.7. The summed E-state index contributed by atoms with van der Waals surface area (Å²) in [7, 11) is 4.70. The molecule has 1 aromatic rings. The van der Waals surface area contributed by atoms with Gasteiger partial charge in [0.2, 0.25) is 0 Å². The van der Waals surface area contributed by atoms with Crippen LogP contribution in [0.15, 0.2) is 18.2 Å². The van der Waals surface area contributed by atoms with Crippen LogP contribution in [-0.4, -0.2) is 40.4 Å². The summed E-state index contributed by atoms with van der Waals surface area (Å²) in [6, 6.07) is 5.83. The maximum atomic E-state index is 11.7. The predicted octanol–water partition coefficient (Wildman–Crippen LogP) is 1.57. The molecule has 2 rings (SSSR count). The Labute approximate surface area is 119 Å². The molecule has 1 heterocycles. The molecule has 0 aromatic heterocycles. The van der Waals surface area contributed by atoms with Gasteiger partial charge in [-0.1, -0.05) is 0 Å². The zero-order chi connectivity index (χ0) is 14.5. The number of nitrogens with one attached hydrogen (secondary N) is 1. The summed E-state index contributed by atoms with van der Waals surface area (Å²) >= 11 is 0. The van der Waals surface area contributed by atoms with Gasteiger partial charge in [-0.15, -0.1) is 0 Å². The summed E-state index contributed by atoms with van der Waals surface area (Å²) < 4.78 is 15.4. The minimum absolute atomic E-state index is 0.101. The predicted molar refractivity (Wildman–Crippen MR) is 75.3 cm³/mol. The Balaban J connectivity index is 2.19. The Kier molecular flexibility index (Phi) is 4.84. The average molecular weight is 279 g/mol. The van der Waals surface area contributed by atoms with Gasteiger partial charge >= 0.3 is 5.97 Å². The van der Waals surface area contributed by atoms with Gasteiger partial charge in [-0.05, 0) is 30.0 Å². The molecule has 1 aromatic carbocycles. The molecule has 1 saturated heterocycles. The van der Waals surface area contributed by atoms with Crippen LogP contribution in [0.3, 0.4) is 0 Å². The Bertz CT molecular complexity index is 453. The van der Waals surface area contributed by atoms with E-state index in [9.17, 15) is 4.79 Å². The second kappa shape index (κ2) is 6.61. The molecule has 1 aliphatic rings. The number of rotatable bonds is 4. The van der Waals surface area contributed by atoms with Gasteiger partial charge in [0.1, 0.15) is 11.5 Å². The zero-order valence-electron chi connectivity index (χ0n) is 12.1. The van der Waals surface area contributed by atoms with Crippen LogP contribution in [0.4, 0.5) is 0 Å². The quantitative estimate of drug-likeness (QED) is 0.848. The van der Waals surface area contributed by atoms with Crippen molar-refractivity contribution in [2.24, 2.45) is 5.92 Å². The Hall–Kier alpha value is -1.75. The van der Waals surface area contributed by atoms with E-state index < -0.39 is 0 Å². The SMILES string of the molecule is COC(=O)[C@@H]1CNC[C@H](c2cc(OC)cc(OC)c2)C1. The maximum absolute atomic E-state index is 11.7. The average Bonchev–Trinajstić information content (AvgIpc) is 2.53. The first-order chi connectivity index (χ1) is 9.67. The van der Waals surface area contributed by atoms with E-state index in [1.54, 1.807) is 14.2 Å². The van der Waals surface area contributed by atoms with Crippen LogP contribution >= 0.6 is 0 Å². The highest BCUT2D eigenvalue weighted by atomic mass is 16.5. The first-order valence-electron chi connectivity index (χ1n) is 6.69. The van der Waals surface area contributed by atoms with Crippen molar-refractivity contribution in [3.63, 3.8) is 0 Å². The van der Waals surface area contributed by atoms with Crippen LogP contribution < -0.4 is 14.8 Å². The summed E-state index contributed by atoms with van der Waals surface area (Å²) in [6.45, 7) is 1.51. The van der Waals surface area contributed by atoms with Crippen molar-refractivity contribution < 1.29 is 19.0 Å². The summed E-state index contributed by atoms with van der Waals surface area (Å²) in [5.41, 5.74) is 1.11. The Morgan fingerprint density at radius 1 is 1.10 bits per heavy atom. The van der Waals surface area contributed by atoms with Gasteiger partial charge in [0.05, 0.1) is 27.2 Å². The molecule has 0 unspecified atom stereocenters. The van der Waals surface area contributed by atoms with E-state index in [4.69, 9.17) is 14.2 Å². The van der Waals surface area contributed by atoms with E-state index in [0.717, 1.165) is 30.0 Å². The first-order valence-corrected chi connectivity index (χ1v) is 6.69. The van der Waals surface area contributed by atoms with Gasteiger partial charge < -0.3 is 19.5 Å². The fourth-order valence-electron chi connectivity index (χ4n) is 2.61. The van der Waals surface area contributed by atoms with Gasteiger partial charge in [0, 0.05) is 19.2 Å². The van der Waals surface area contributed by atoms with Crippen molar-refractivity contribution in [3.8, 4) is 11.5 Å². The normalized spacial score (nSPS) is 22.1. The van der Waals surface area contributed by atoms with Crippen LogP contribution in [0.25, 0.3) is 0 Å². The lowest BCUT2D eigenvalue weighted by molar-refractivity contribution is -0.146. The Morgan fingerprint density at radius 3 is 2.30 bits per heavy atom. The number of hydrogen-bond donors (Lipinski definition) is 1. The summed E-state index contributed by atoms with van der Waals surface area (Å²) in [6.07, 6.45) is 0.774. The van der Waals surface area contributed by atoms with Gasteiger partial charge in [-0.25, -0.2) is 0 Å². The molecule has 20 heavy (non-hydrogen) atoms. The number of piperidine rings is 1. The van der Waals surface area contributed by atoms with Gasteiger partial charge in [-0.3, -0.25) is 4.79 Å². The molecule has 1 fully saturated rings. The second-order valence-electron chi connectivity index (χ2n) is 4.96. The molecule has 0 saturated carbocycles. The molecular weight excluding hydrogens is 258 g/mol. The zero-order valence-corrected chi connectivity index (χ0v) is 12.1. The lowest BCUT2D eigenvalue weighted by Crippen LogP contribution is -2.39. The van der Waals surface area contributed by atoms with Crippen molar-refractivity contribution in [2.75, 3.05) is 34.4 Å². The third-order valence-corrected chi connectivity index (χ3v) is 3.73. The van der Waals surface area contributed by atoms with Crippen molar-refractivity contribution in [3.05, 3.63) is 23.8 Å². The smallest absolute Gasteiger partial charge is 0.309 e. The van der Waals surface area contributed by atoms with E-state index in [1.807, 2.05) is 18.2 Å². The number of methoxy groups -OCH3 is 3. The number of esters is 1. The lowest BCUT2D eigenvalue weighted by Gasteiger charge is -2.29. The van der Waals surface area contributed by atoms with Crippen molar-refractivity contribution in [1.82, 2.24) is 5.32 Å². The topological polar surface area (TPSA) is 56.8 Å². The highest BCUT2D eigenvalue weighted by Gasteiger charge is 2.29. The fraction of sp³-hybridized carbons (Fsp3) is 0.533. The largest absolute Gasteiger partial charge is 0.497 e. The van der Waals surface area contributed by atoms with E-state index in [-0.39, 0.29) is 17.8 Å². The number of ether oxygens (including phenoxy) is 3. The third kappa shape index (κ3) is 3.22. The Morgan fingerprint density at radius 2 is 1.75 bits per heavy atom. The van der Waals surface area contributed by atoms with E-state index in [2.05, 4.69) is 5.32 Å². The number of hydrogen-bond acceptors (Lipinski definition) is 5. The van der Waals surface area contributed by atoms with Crippen LogP contribution in [0.5, 0.6) is 11.5 Å². The molecule has 0 aliphatic carbocycles. The van der Waals surface area contributed by atoms with Crippen LogP contribution in [0.2, 0.25) is 0 Å². The number of benzene rings is 1. The van der Waals surface area contributed by atoms with E-state index >= 15 is 0 Å². The molecular formula is C15H21NO4. The van der Waals surface area contributed by atoms with Gasteiger partial charge in [0.25, 0.3) is 0 Å². The van der Waals surface area contributed by atoms with E-state index in [0.29, 0.717) is 6.54 Å². The van der Waals surface area contributed by atoms with E-state index in [1.165, 1.54) is 7.11 Å². The molecule has 0 spiro atoms. The molecule has 2 atom stereocenters. The van der Waals surface area contributed by atoms with Crippen molar-refractivity contribution in [1.29, 1.82) is 0 Å². The minimum atomic E-state index is -0.155. The fourth-order valence-corrected chi connectivity index (χ4v) is 2.61. The third-order valence-electron chi connectivity index (χ3n) is 3.73. The van der Waals surface area contributed by atoms with Gasteiger partial charge in [0.15, 0.2) is 0 Å². The summed E-state index contributed by atoms with van der Waals surface area (Å²) in [5, 5.41) is 3.29. The second-order valence-corrected chi connectivity index (χ2v) is 4.96. The molecule has 0 amide bonds. The number of carbonyl (C=O) groups excluding carboxylic acids is 1. The molecule has 0 radical (unpaired) electrons. The highest BCUT2D eigenvalue weighted by molar-refractivity contribution is 5.72.